The molecule has 0 unspecified atom stereocenters. The quantitative estimate of drug-likeness (QED) is 0.606. The Morgan fingerprint density at radius 1 is 1.31 bits per heavy atom. The van der Waals surface area contributed by atoms with E-state index in [1.54, 1.807) is 7.11 Å². The van der Waals surface area contributed by atoms with Gasteiger partial charge in [-0.15, -0.1) is 6.22 Å². The zero-order valence-electron chi connectivity index (χ0n) is 8.92. The van der Waals surface area contributed by atoms with Crippen molar-refractivity contribution < 1.29 is 4.74 Å². The van der Waals surface area contributed by atoms with Crippen molar-refractivity contribution in [1.82, 2.24) is 0 Å². The molecule has 0 radical (unpaired) electrons. The van der Waals surface area contributed by atoms with Gasteiger partial charge in [0.15, 0.2) is 0 Å². The molecule has 4 heteroatoms. The highest BCUT2D eigenvalue weighted by molar-refractivity contribution is 6.93. The number of para-hydroxylation sites is 1. The Labute approximate surface area is 83.8 Å². The summed E-state index contributed by atoms with van der Waals surface area (Å²) >= 11 is 0. The predicted molar refractivity (Wildman–Crippen MR) is 66.5 cm³/mol. The lowest BCUT2D eigenvalue weighted by molar-refractivity contribution is 0.415. The number of rotatable bonds is 3. The molecule has 1 aromatic carbocycles. The van der Waals surface area contributed by atoms with Crippen LogP contribution in [-0.4, -0.2) is 29.3 Å². The Bertz CT molecular complexity index is 189. The van der Waals surface area contributed by atoms with Crippen LogP contribution < -0.4 is 4.74 Å². The average Bonchev–Trinajstić information content (AvgIpc) is 2.21. The van der Waals surface area contributed by atoms with Crippen LogP contribution in [0.5, 0.6) is 5.75 Å². The molecule has 0 aliphatic carbocycles. The zero-order valence-corrected chi connectivity index (χ0v) is 8.92. The fraction of sp³-hybridized carbons (Fsp3) is 0.333. The topological polar surface area (TPSA) is 9.23 Å². The van der Waals surface area contributed by atoms with E-state index in [0.717, 1.165) is 5.75 Å². The summed E-state index contributed by atoms with van der Waals surface area (Å²) in [6, 6.07) is 9.68. The minimum absolute atomic E-state index is 0.910. The van der Waals surface area contributed by atoms with Gasteiger partial charge in [-0.25, -0.2) is 0 Å². The van der Waals surface area contributed by atoms with E-state index in [9.17, 15) is 0 Å². The molecule has 0 bridgehead atoms. The molecule has 1 aromatic rings. The Hall–Kier alpha value is -0.785. The van der Waals surface area contributed by atoms with Gasteiger partial charge in [0.25, 0.3) is 0 Å². The molecular weight excluding hydrogens is 157 g/mol. The molecule has 0 saturated heterocycles. The zero-order chi connectivity index (χ0) is 9.94. The van der Waals surface area contributed by atoms with Crippen LogP contribution in [0.4, 0.5) is 0 Å². The Balaban J connectivity index is 0.000000252. The summed E-state index contributed by atoms with van der Waals surface area (Å²) in [4.78, 5) is 0. The first-order valence-corrected chi connectivity index (χ1v) is 4.94. The van der Waals surface area contributed by atoms with E-state index in [4.69, 9.17) is 4.74 Å². The summed E-state index contributed by atoms with van der Waals surface area (Å²) in [5, 5.41) is 0. The lowest BCUT2D eigenvalue weighted by Gasteiger charge is -1.93. The second kappa shape index (κ2) is 9.30. The third kappa shape index (κ3) is 7.57. The molecule has 68 valence electrons. The fourth-order valence-corrected chi connectivity index (χ4v) is 0.910. The van der Waals surface area contributed by atoms with Gasteiger partial charge >= 0.3 is 0 Å². The lowest BCUT2D eigenvalue weighted by Crippen LogP contribution is -1.90. The molecular formula is C9H17B3O. The highest BCUT2D eigenvalue weighted by Gasteiger charge is 1.80. The smallest absolute Gasteiger partial charge is 0.118 e. The van der Waals surface area contributed by atoms with Crippen molar-refractivity contribution in [3.05, 3.63) is 30.3 Å². The van der Waals surface area contributed by atoms with Gasteiger partial charge in [-0.3, -0.25) is 0 Å². The second-order valence-electron chi connectivity index (χ2n) is 2.87. The van der Waals surface area contributed by atoms with Crippen molar-refractivity contribution in [2.45, 2.75) is 13.0 Å². The average molecular weight is 174 g/mol. The molecule has 0 fully saturated rings. The van der Waals surface area contributed by atoms with Gasteiger partial charge in [-0.05, 0) is 12.1 Å². The largest absolute Gasteiger partial charge is 0.497 e. The highest BCUT2D eigenvalue weighted by Crippen LogP contribution is 2.05. The fourth-order valence-electron chi connectivity index (χ4n) is 0.910. The third-order valence-corrected chi connectivity index (χ3v) is 1.69. The van der Waals surface area contributed by atoms with Crippen molar-refractivity contribution in [3.8, 4) is 5.75 Å². The molecule has 13 heavy (non-hydrogen) atoms. The molecule has 0 heterocycles. The number of methoxy groups -OCH3 is 1. The van der Waals surface area contributed by atoms with Gasteiger partial charge in [0.05, 0.1) is 22.0 Å². The van der Waals surface area contributed by atoms with Gasteiger partial charge < -0.3 is 4.74 Å². The molecule has 1 nitrogen and oxygen atoms in total. The minimum atomic E-state index is 0.910. The summed E-state index contributed by atoms with van der Waals surface area (Å²) in [6.45, 7) is 2.21. The van der Waals surface area contributed by atoms with Crippen molar-refractivity contribution in [1.29, 1.82) is 0 Å². The summed E-state index contributed by atoms with van der Waals surface area (Å²) in [5.41, 5.74) is 0. The van der Waals surface area contributed by atoms with Gasteiger partial charge in [0.2, 0.25) is 0 Å². The minimum Gasteiger partial charge on any atom is -0.497 e. The number of benzene rings is 1. The molecule has 0 aliphatic heterocycles. The SMILES string of the molecule is BBCBC.COc1ccccc1. The third-order valence-electron chi connectivity index (χ3n) is 1.69. The Morgan fingerprint density at radius 2 is 1.92 bits per heavy atom. The Kier molecular flexibility index (Phi) is 8.74. The van der Waals surface area contributed by atoms with Crippen LogP contribution in [0.1, 0.15) is 0 Å². The van der Waals surface area contributed by atoms with Crippen LogP contribution in [-0.2, 0) is 0 Å². The molecule has 0 saturated carbocycles. The van der Waals surface area contributed by atoms with Gasteiger partial charge in [0.1, 0.15) is 13.0 Å². The van der Waals surface area contributed by atoms with Gasteiger partial charge in [-0.2, -0.15) is 0 Å². The molecule has 0 aliphatic rings. The maximum absolute atomic E-state index is 4.91. The van der Waals surface area contributed by atoms with Crippen molar-refractivity contribution in [2.24, 2.45) is 0 Å². The molecule has 1 rings (SSSR count). The first-order chi connectivity index (χ1) is 6.35. The van der Waals surface area contributed by atoms with E-state index in [0.29, 0.717) is 0 Å². The van der Waals surface area contributed by atoms with E-state index in [-0.39, 0.29) is 0 Å². The Morgan fingerprint density at radius 3 is 2.15 bits per heavy atom. The number of hydrogen-bond donors (Lipinski definition) is 0. The van der Waals surface area contributed by atoms with Crippen LogP contribution in [0.3, 0.4) is 0 Å². The van der Waals surface area contributed by atoms with E-state index < -0.39 is 0 Å². The maximum Gasteiger partial charge on any atom is 0.118 e. The highest BCUT2D eigenvalue weighted by atomic mass is 16.5. The molecule has 0 spiro atoms. The first kappa shape index (κ1) is 12.2. The number of ether oxygens (including phenoxy) is 1. The van der Waals surface area contributed by atoms with E-state index in [1.807, 2.05) is 30.3 Å². The predicted octanol–water partition coefficient (Wildman–Crippen LogP) is 0.527. The summed E-state index contributed by atoms with van der Waals surface area (Å²) < 4.78 is 4.91. The normalized spacial score (nSPS) is 7.85. The van der Waals surface area contributed by atoms with Crippen LogP contribution in [0.2, 0.25) is 13.0 Å². The van der Waals surface area contributed by atoms with Crippen molar-refractivity contribution in [2.75, 3.05) is 7.11 Å². The molecule has 0 amide bonds. The second-order valence-corrected chi connectivity index (χ2v) is 2.87. The standard InChI is InChI=1S/C7H8O.C2H9B3/c1-8-7-5-3-2-4-6-7;1-4-2-5-3/h2-6H,1H3;4-5H,2-3H2,1H3. The van der Waals surface area contributed by atoms with Gasteiger partial charge in [-0.1, -0.05) is 25.0 Å². The van der Waals surface area contributed by atoms with Crippen LogP contribution >= 0.6 is 0 Å². The van der Waals surface area contributed by atoms with E-state index >= 15 is 0 Å². The van der Waals surface area contributed by atoms with Crippen LogP contribution in [0, 0.1) is 0 Å². The van der Waals surface area contributed by atoms with Gasteiger partial charge in [0, 0.05) is 0 Å². The first-order valence-electron chi connectivity index (χ1n) is 4.94. The van der Waals surface area contributed by atoms with Crippen molar-refractivity contribution >= 4 is 22.2 Å². The molecule has 0 atom stereocenters. The lowest BCUT2D eigenvalue weighted by atomic mass is 9.44. The monoisotopic (exact) mass is 174 g/mol. The summed E-state index contributed by atoms with van der Waals surface area (Å²) in [6.07, 6.45) is 1.39. The molecule has 0 N–H and O–H groups in total. The summed E-state index contributed by atoms with van der Waals surface area (Å²) in [5.74, 6) is 0.910. The van der Waals surface area contributed by atoms with Crippen LogP contribution in [0.15, 0.2) is 30.3 Å². The number of hydrogen-bond acceptors (Lipinski definition) is 1. The van der Waals surface area contributed by atoms with E-state index in [2.05, 4.69) is 14.6 Å². The maximum atomic E-state index is 4.91. The van der Waals surface area contributed by atoms with Crippen molar-refractivity contribution in [3.63, 3.8) is 0 Å². The summed E-state index contributed by atoms with van der Waals surface area (Å²) in [7, 11) is 6.56. The molecule has 0 aromatic heterocycles. The van der Waals surface area contributed by atoms with Crippen LogP contribution in [0.25, 0.3) is 0 Å². The van der Waals surface area contributed by atoms with E-state index in [1.165, 1.54) is 20.7 Å².